The van der Waals surface area contributed by atoms with Crippen LogP contribution >= 0.6 is 39.1 Å². The number of fused-ring (bicyclic) bond motifs is 1. The van der Waals surface area contributed by atoms with Crippen molar-refractivity contribution in [3.05, 3.63) is 92.4 Å². The van der Waals surface area contributed by atoms with E-state index in [4.69, 9.17) is 28.0 Å². The maximum Gasteiger partial charge on any atom is 0.435 e. The first-order chi connectivity index (χ1) is 15.0. The molecule has 1 aliphatic heterocycles. The highest BCUT2D eigenvalue weighted by atomic mass is 79.9. The third-order valence-corrected chi connectivity index (χ3v) is 5.38. The van der Waals surface area contributed by atoms with Gasteiger partial charge in [-0.2, -0.15) is 0 Å². The minimum absolute atomic E-state index is 0.150. The van der Waals surface area contributed by atoms with Crippen LogP contribution in [0.2, 0.25) is 10.0 Å². The minimum atomic E-state index is -0.684. The highest BCUT2D eigenvalue weighted by Crippen LogP contribution is 2.30. The van der Waals surface area contributed by atoms with Crippen molar-refractivity contribution in [2.75, 3.05) is 11.9 Å². The quantitative estimate of drug-likeness (QED) is 0.387. The summed E-state index contributed by atoms with van der Waals surface area (Å²) in [5.74, 6) is 0.356. The molecule has 6 nitrogen and oxygen atoms in total. The maximum atomic E-state index is 12.1. The van der Waals surface area contributed by atoms with E-state index in [2.05, 4.69) is 36.7 Å². The van der Waals surface area contributed by atoms with Crippen molar-refractivity contribution in [1.29, 1.82) is 0 Å². The number of nitrogens with one attached hydrogen (secondary N) is 2. The predicted octanol–water partition coefficient (Wildman–Crippen LogP) is 6.39. The number of hydrogen-bond acceptors (Lipinski definition) is 5. The van der Waals surface area contributed by atoms with Crippen LogP contribution in [-0.2, 0) is 4.84 Å². The monoisotopic (exact) mass is 516 g/mol. The number of carbonyl (C=O) groups is 1. The Morgan fingerprint density at radius 1 is 1.00 bits per heavy atom. The third kappa shape index (κ3) is 5.25. The lowest BCUT2D eigenvalue weighted by Crippen LogP contribution is -2.31. The molecule has 2 N–H and O–H groups in total. The van der Waals surface area contributed by atoms with Gasteiger partial charge in [-0.05, 0) is 42.5 Å². The molecule has 3 aromatic carbocycles. The normalized spacial score (nSPS) is 12.7. The van der Waals surface area contributed by atoms with Crippen LogP contribution in [0.15, 0.2) is 81.2 Å². The van der Waals surface area contributed by atoms with E-state index in [1.165, 1.54) is 0 Å². The second kappa shape index (κ2) is 9.51. The fraction of sp³-hybridized carbons (Fsp3) is 0.0455. The van der Waals surface area contributed by atoms with Crippen molar-refractivity contribution in [3.63, 3.8) is 0 Å². The Labute approximate surface area is 197 Å². The molecular formula is C22H15BrCl2N4O2. The van der Waals surface area contributed by atoms with Crippen LogP contribution in [0.5, 0.6) is 0 Å². The van der Waals surface area contributed by atoms with Crippen molar-refractivity contribution in [3.8, 4) is 0 Å². The number of benzene rings is 3. The van der Waals surface area contributed by atoms with Crippen LogP contribution in [0.4, 0.5) is 16.2 Å². The summed E-state index contributed by atoms with van der Waals surface area (Å²) < 4.78 is 0.836. The molecule has 0 atom stereocenters. The molecule has 0 spiro atoms. The molecule has 0 aromatic heterocycles. The maximum absolute atomic E-state index is 12.1. The van der Waals surface area contributed by atoms with Crippen molar-refractivity contribution >= 4 is 68.1 Å². The average molecular weight is 518 g/mol. The number of nitrogens with zero attached hydrogens (tertiary/aromatic N) is 2. The van der Waals surface area contributed by atoms with Crippen LogP contribution in [0, 0.1) is 0 Å². The number of rotatable bonds is 2. The Hall–Kier alpha value is -2.87. The second-order valence-electron chi connectivity index (χ2n) is 6.49. The summed E-state index contributed by atoms with van der Waals surface area (Å²) in [6.07, 6.45) is -0.684. The number of aliphatic imine (C=N–C) groups is 2. The first kappa shape index (κ1) is 21.4. The summed E-state index contributed by atoms with van der Waals surface area (Å²) >= 11 is 16.0. The highest BCUT2D eigenvalue weighted by Gasteiger charge is 2.19. The van der Waals surface area contributed by atoms with Gasteiger partial charge in [0.15, 0.2) is 5.84 Å². The van der Waals surface area contributed by atoms with E-state index in [1.54, 1.807) is 42.5 Å². The standard InChI is InChI=1S/C22H15BrCl2N4O2/c23-13-4-3-5-15(10-13)27-22(30)31-29-20-12-26-21(16-6-1-2-7-18(16)25)17-11-14(24)8-9-19(17)28-20/h1-11H,12H2,(H,27,30)(H,28,29). The van der Waals surface area contributed by atoms with Gasteiger partial charge in [-0.25, -0.2) is 15.3 Å². The molecule has 0 bridgehead atoms. The van der Waals surface area contributed by atoms with Gasteiger partial charge in [0, 0.05) is 31.3 Å². The SMILES string of the molecule is O=C(Nc1cccc(Br)c1)ONC1=Nc2ccc(Cl)cc2C(c2ccccc2Cl)=NC1. The third-order valence-electron chi connectivity index (χ3n) is 4.32. The molecule has 0 saturated carbocycles. The minimum Gasteiger partial charge on any atom is -0.323 e. The molecular weight excluding hydrogens is 503 g/mol. The molecule has 0 fully saturated rings. The Kier molecular flexibility index (Phi) is 6.56. The zero-order valence-electron chi connectivity index (χ0n) is 15.9. The number of anilines is 1. The average Bonchev–Trinajstić information content (AvgIpc) is 2.92. The van der Waals surface area contributed by atoms with Crippen molar-refractivity contribution in [1.82, 2.24) is 5.48 Å². The van der Waals surface area contributed by atoms with Gasteiger partial charge >= 0.3 is 6.09 Å². The molecule has 0 radical (unpaired) electrons. The Balaban J connectivity index is 1.56. The van der Waals surface area contributed by atoms with E-state index in [0.29, 0.717) is 33.0 Å². The smallest absolute Gasteiger partial charge is 0.323 e. The Bertz CT molecular complexity index is 1210. The van der Waals surface area contributed by atoms with Gasteiger partial charge in [0.25, 0.3) is 0 Å². The Morgan fingerprint density at radius 3 is 2.65 bits per heavy atom. The molecule has 0 saturated heterocycles. The second-order valence-corrected chi connectivity index (χ2v) is 8.25. The van der Waals surface area contributed by atoms with Gasteiger partial charge in [0.05, 0.1) is 11.4 Å². The zero-order valence-corrected chi connectivity index (χ0v) is 19.0. The number of carbonyl (C=O) groups excluding carboxylic acids is 1. The van der Waals surface area contributed by atoms with Gasteiger partial charge < -0.3 is 4.84 Å². The lowest BCUT2D eigenvalue weighted by atomic mass is 10.0. The van der Waals surface area contributed by atoms with E-state index in [1.807, 2.05) is 24.3 Å². The van der Waals surface area contributed by atoms with Gasteiger partial charge in [0.2, 0.25) is 0 Å². The summed E-state index contributed by atoms with van der Waals surface area (Å²) in [7, 11) is 0. The predicted molar refractivity (Wildman–Crippen MR) is 128 cm³/mol. The van der Waals surface area contributed by atoms with E-state index in [0.717, 1.165) is 15.6 Å². The molecule has 1 heterocycles. The van der Waals surface area contributed by atoms with Crippen molar-refractivity contribution < 1.29 is 9.63 Å². The summed E-state index contributed by atoms with van der Waals surface area (Å²) in [5.41, 5.74) is 5.95. The van der Waals surface area contributed by atoms with Crippen LogP contribution < -0.4 is 10.8 Å². The van der Waals surface area contributed by atoms with Crippen molar-refractivity contribution in [2.24, 2.45) is 9.98 Å². The van der Waals surface area contributed by atoms with Gasteiger partial charge in [0.1, 0.15) is 6.54 Å². The molecule has 3 aromatic rings. The fourth-order valence-electron chi connectivity index (χ4n) is 2.97. The Morgan fingerprint density at radius 2 is 1.84 bits per heavy atom. The van der Waals surface area contributed by atoms with E-state index < -0.39 is 6.09 Å². The molecule has 1 amide bonds. The zero-order chi connectivity index (χ0) is 21.8. The summed E-state index contributed by atoms with van der Waals surface area (Å²) in [6.45, 7) is 0.150. The lowest BCUT2D eigenvalue weighted by molar-refractivity contribution is 0.134. The number of hydrogen-bond donors (Lipinski definition) is 2. The van der Waals surface area contributed by atoms with Crippen LogP contribution in [-0.4, -0.2) is 24.2 Å². The topological polar surface area (TPSA) is 75.1 Å². The van der Waals surface area contributed by atoms with Crippen LogP contribution in [0.3, 0.4) is 0 Å². The molecule has 0 unspecified atom stereocenters. The van der Waals surface area contributed by atoms with E-state index in [-0.39, 0.29) is 6.54 Å². The van der Waals surface area contributed by atoms with E-state index in [9.17, 15) is 4.79 Å². The summed E-state index contributed by atoms with van der Waals surface area (Å²) in [4.78, 5) is 26.5. The number of amidine groups is 1. The van der Waals surface area contributed by atoms with Crippen LogP contribution in [0.25, 0.3) is 0 Å². The highest BCUT2D eigenvalue weighted by molar-refractivity contribution is 9.10. The number of hydroxylamine groups is 1. The molecule has 156 valence electrons. The molecule has 0 aliphatic carbocycles. The molecule has 9 heteroatoms. The van der Waals surface area contributed by atoms with E-state index >= 15 is 0 Å². The molecule has 1 aliphatic rings. The van der Waals surface area contributed by atoms with Crippen LogP contribution in [0.1, 0.15) is 11.1 Å². The van der Waals surface area contributed by atoms with Crippen molar-refractivity contribution in [2.45, 2.75) is 0 Å². The molecule has 4 rings (SSSR count). The largest absolute Gasteiger partial charge is 0.435 e. The summed E-state index contributed by atoms with van der Waals surface area (Å²) in [5, 5.41) is 3.74. The number of halogens is 3. The van der Waals surface area contributed by atoms with Gasteiger partial charge in [-0.1, -0.05) is 63.4 Å². The fourth-order valence-corrected chi connectivity index (χ4v) is 3.77. The van der Waals surface area contributed by atoms with Gasteiger partial charge in [-0.15, -0.1) is 0 Å². The molecule has 31 heavy (non-hydrogen) atoms. The lowest BCUT2D eigenvalue weighted by Gasteiger charge is -2.10. The number of amides is 1. The first-order valence-corrected chi connectivity index (χ1v) is 10.7. The van der Waals surface area contributed by atoms with Gasteiger partial charge in [-0.3, -0.25) is 10.3 Å². The first-order valence-electron chi connectivity index (χ1n) is 9.16. The summed E-state index contributed by atoms with van der Waals surface area (Å²) in [6, 6.07) is 19.9.